The first kappa shape index (κ1) is 28.4. The lowest BCUT2D eigenvalue weighted by Crippen LogP contribution is -2.40. The van der Waals surface area contributed by atoms with E-state index in [1.165, 1.54) is 0 Å². The average molecular weight is 512 g/mol. The van der Waals surface area contributed by atoms with Crippen LogP contribution >= 0.6 is 0 Å². The van der Waals surface area contributed by atoms with E-state index in [4.69, 9.17) is 20.2 Å². The zero-order valence-electron chi connectivity index (χ0n) is 22.2. The van der Waals surface area contributed by atoms with Crippen molar-refractivity contribution in [1.82, 2.24) is 15.3 Å². The van der Waals surface area contributed by atoms with E-state index >= 15 is 0 Å². The maximum absolute atomic E-state index is 13.2. The van der Waals surface area contributed by atoms with Gasteiger partial charge in [-0.15, -0.1) is 0 Å². The van der Waals surface area contributed by atoms with E-state index in [0.29, 0.717) is 55.2 Å². The fourth-order valence-corrected chi connectivity index (χ4v) is 4.44. The number of fused-ring (bicyclic) bond motifs is 2. The number of carbonyl (C=O) groups is 2. The number of methoxy groups -OCH3 is 2. The van der Waals surface area contributed by atoms with Gasteiger partial charge in [-0.3, -0.25) is 9.59 Å². The Morgan fingerprint density at radius 1 is 0.973 bits per heavy atom. The molecule has 2 heterocycles. The molecule has 202 valence electrons. The predicted octanol–water partition coefficient (Wildman–Crippen LogP) is 3.84. The number of aryl methyl sites for hydroxylation is 2. The van der Waals surface area contributed by atoms with Gasteiger partial charge in [0.05, 0.1) is 31.5 Å². The monoisotopic (exact) mass is 511 g/mol. The third kappa shape index (κ3) is 9.31. The Kier molecular flexibility index (Phi) is 11.6. The van der Waals surface area contributed by atoms with Gasteiger partial charge in [-0.05, 0) is 56.2 Å². The number of nitrogens with two attached hydrogens (primary N) is 1. The van der Waals surface area contributed by atoms with E-state index < -0.39 is 6.04 Å². The van der Waals surface area contributed by atoms with Crippen LogP contribution in [0.5, 0.6) is 11.5 Å². The summed E-state index contributed by atoms with van der Waals surface area (Å²) in [6, 6.07) is 5.18. The molecule has 0 fully saturated rings. The number of benzene rings is 1. The minimum absolute atomic E-state index is 0.0178. The number of aromatic nitrogens is 2. The van der Waals surface area contributed by atoms with Crippen molar-refractivity contribution in [3.8, 4) is 11.5 Å². The van der Waals surface area contributed by atoms with Crippen molar-refractivity contribution in [2.75, 3.05) is 32.6 Å². The molecule has 1 atom stereocenters. The van der Waals surface area contributed by atoms with Crippen molar-refractivity contribution >= 4 is 17.6 Å². The molecule has 0 saturated carbocycles. The Balaban J connectivity index is 1.68. The van der Waals surface area contributed by atoms with Crippen LogP contribution in [0.1, 0.15) is 79.4 Å². The molecule has 1 aliphatic heterocycles. The van der Waals surface area contributed by atoms with Crippen molar-refractivity contribution in [1.29, 1.82) is 0 Å². The number of nitrogens with zero attached hydrogens (tertiary/aromatic N) is 2. The lowest BCUT2D eigenvalue weighted by atomic mass is 9.99. The van der Waals surface area contributed by atoms with E-state index in [-0.39, 0.29) is 11.7 Å². The van der Waals surface area contributed by atoms with Gasteiger partial charge < -0.3 is 25.8 Å². The maximum atomic E-state index is 13.2. The van der Waals surface area contributed by atoms with Crippen LogP contribution in [0.15, 0.2) is 24.4 Å². The van der Waals surface area contributed by atoms with Crippen molar-refractivity contribution in [3.05, 3.63) is 41.2 Å². The SMILES string of the molecule is COc1cc(CCC(=O)c2cnc3nc2CCCCC[C@H](N)C(=O)NCCCCCCN3)cc(OC)c1. The van der Waals surface area contributed by atoms with Gasteiger partial charge in [0.15, 0.2) is 5.78 Å². The first-order valence-corrected chi connectivity index (χ1v) is 13.4. The van der Waals surface area contributed by atoms with Crippen molar-refractivity contribution in [2.24, 2.45) is 5.73 Å². The van der Waals surface area contributed by atoms with Gasteiger partial charge in [-0.2, -0.15) is 0 Å². The van der Waals surface area contributed by atoms with E-state index in [9.17, 15) is 9.59 Å². The number of rotatable bonds is 6. The van der Waals surface area contributed by atoms with Gasteiger partial charge >= 0.3 is 0 Å². The fourth-order valence-electron chi connectivity index (χ4n) is 4.44. The van der Waals surface area contributed by atoms with Gasteiger partial charge in [-0.1, -0.05) is 25.7 Å². The molecule has 3 rings (SSSR count). The molecule has 9 nitrogen and oxygen atoms in total. The summed E-state index contributed by atoms with van der Waals surface area (Å²) in [7, 11) is 3.22. The molecular weight excluding hydrogens is 470 g/mol. The minimum atomic E-state index is -0.471. The quantitative estimate of drug-likeness (QED) is 0.499. The smallest absolute Gasteiger partial charge is 0.236 e. The predicted molar refractivity (Wildman–Crippen MR) is 144 cm³/mol. The second kappa shape index (κ2) is 15.1. The summed E-state index contributed by atoms with van der Waals surface area (Å²) in [5.41, 5.74) is 8.38. The summed E-state index contributed by atoms with van der Waals surface area (Å²) in [5, 5.41) is 6.25. The van der Waals surface area contributed by atoms with Crippen LogP contribution in [0.4, 0.5) is 5.95 Å². The third-order valence-electron chi connectivity index (χ3n) is 6.67. The van der Waals surface area contributed by atoms with Crippen LogP contribution in [0, 0.1) is 0 Å². The second-order valence-electron chi connectivity index (χ2n) is 9.54. The van der Waals surface area contributed by atoms with Crippen molar-refractivity contribution < 1.29 is 19.1 Å². The Bertz CT molecular complexity index is 1010. The first-order chi connectivity index (χ1) is 18.0. The lowest BCUT2D eigenvalue weighted by Gasteiger charge is -2.14. The van der Waals surface area contributed by atoms with Crippen LogP contribution in [0.3, 0.4) is 0 Å². The summed E-state index contributed by atoms with van der Waals surface area (Å²) < 4.78 is 10.7. The van der Waals surface area contributed by atoms with Crippen LogP contribution in [-0.2, 0) is 17.6 Å². The molecule has 1 aromatic carbocycles. The number of nitrogens with one attached hydrogen (secondary N) is 2. The van der Waals surface area contributed by atoms with Gasteiger partial charge in [0.1, 0.15) is 11.5 Å². The molecule has 2 aromatic rings. The van der Waals surface area contributed by atoms with E-state index in [1.54, 1.807) is 20.4 Å². The normalized spacial score (nSPS) is 18.0. The number of carbonyl (C=O) groups excluding carboxylic acids is 2. The van der Waals surface area contributed by atoms with Crippen LogP contribution < -0.4 is 25.8 Å². The highest BCUT2D eigenvalue weighted by atomic mass is 16.5. The maximum Gasteiger partial charge on any atom is 0.236 e. The molecular formula is C28H41N5O4. The Labute approximate surface area is 219 Å². The molecule has 2 bridgehead atoms. The van der Waals surface area contributed by atoms with E-state index in [0.717, 1.165) is 62.7 Å². The summed E-state index contributed by atoms with van der Waals surface area (Å²) in [6.45, 7) is 1.44. The van der Waals surface area contributed by atoms with Crippen LogP contribution in [0.25, 0.3) is 0 Å². The largest absolute Gasteiger partial charge is 0.497 e. The topological polar surface area (TPSA) is 128 Å². The lowest BCUT2D eigenvalue weighted by molar-refractivity contribution is -0.122. The molecule has 0 unspecified atom stereocenters. The Morgan fingerprint density at radius 2 is 1.65 bits per heavy atom. The molecule has 4 N–H and O–H groups in total. The highest BCUT2D eigenvalue weighted by Gasteiger charge is 2.17. The fraction of sp³-hybridized carbons (Fsp3) is 0.571. The average Bonchev–Trinajstić information content (AvgIpc) is 2.92. The van der Waals surface area contributed by atoms with Crippen molar-refractivity contribution in [2.45, 2.75) is 76.7 Å². The van der Waals surface area contributed by atoms with Crippen molar-refractivity contribution in [3.63, 3.8) is 0 Å². The van der Waals surface area contributed by atoms with Gasteiger partial charge in [-0.25, -0.2) is 9.97 Å². The van der Waals surface area contributed by atoms with Gasteiger partial charge in [0, 0.05) is 31.8 Å². The number of anilines is 1. The summed E-state index contributed by atoms with van der Waals surface area (Å²) in [4.78, 5) is 34.6. The number of hydrogen-bond donors (Lipinski definition) is 3. The number of hydrogen-bond acceptors (Lipinski definition) is 8. The molecule has 9 heteroatoms. The summed E-state index contributed by atoms with van der Waals surface area (Å²) in [6.07, 6.45) is 10.5. The van der Waals surface area contributed by atoms with Crippen LogP contribution in [0.2, 0.25) is 0 Å². The number of amides is 1. The zero-order chi connectivity index (χ0) is 26.5. The highest BCUT2D eigenvalue weighted by molar-refractivity contribution is 5.97. The molecule has 0 radical (unpaired) electrons. The molecule has 1 aromatic heterocycles. The van der Waals surface area contributed by atoms with Gasteiger partial charge in [0.25, 0.3) is 0 Å². The number of ketones is 1. The second-order valence-corrected chi connectivity index (χ2v) is 9.54. The third-order valence-corrected chi connectivity index (χ3v) is 6.67. The van der Waals surface area contributed by atoms with E-state index in [2.05, 4.69) is 15.6 Å². The standard InChI is InChI=1S/C28H41N5O4/c1-36-21-16-20(17-22(18-21)37-2)12-13-26(34)23-19-32-28-31-15-9-4-3-8-14-30-27(35)24(29)10-6-5-7-11-25(23)33-28/h16-19,24H,3-15,29H2,1-2H3,(H,30,35)(H,31,32,33)/t24-/m0/s1. The number of Topliss-reactive ketones (excluding diaryl/α,β-unsaturated/α-hetero) is 1. The minimum Gasteiger partial charge on any atom is -0.497 e. The van der Waals surface area contributed by atoms with Gasteiger partial charge in [0.2, 0.25) is 11.9 Å². The number of ether oxygens (including phenoxy) is 2. The zero-order valence-corrected chi connectivity index (χ0v) is 22.2. The van der Waals surface area contributed by atoms with Crippen LogP contribution in [-0.4, -0.2) is 55.0 Å². The van der Waals surface area contributed by atoms with E-state index in [1.807, 2.05) is 18.2 Å². The Hall–Kier alpha value is -3.20. The molecule has 0 spiro atoms. The molecule has 0 aliphatic carbocycles. The molecule has 37 heavy (non-hydrogen) atoms. The Morgan fingerprint density at radius 3 is 2.35 bits per heavy atom. The molecule has 0 saturated heterocycles. The first-order valence-electron chi connectivity index (χ1n) is 13.4. The highest BCUT2D eigenvalue weighted by Crippen LogP contribution is 2.24. The molecule has 1 amide bonds. The summed E-state index contributed by atoms with van der Waals surface area (Å²) >= 11 is 0. The summed E-state index contributed by atoms with van der Waals surface area (Å²) in [5.74, 6) is 1.92. The molecule has 1 aliphatic rings.